The number of nitrogens with one attached hydrogen (secondary N) is 1. The van der Waals surface area contributed by atoms with Crippen LogP contribution < -0.4 is 24.4 Å². The smallest absolute Gasteiger partial charge is 0.251 e. The molecule has 1 saturated heterocycles. The van der Waals surface area contributed by atoms with Crippen molar-refractivity contribution in [3.05, 3.63) is 70.4 Å². The number of amides is 1. The molecule has 2 aliphatic rings. The van der Waals surface area contributed by atoms with Gasteiger partial charge in [-0.3, -0.25) is 9.69 Å². The number of benzene rings is 2. The summed E-state index contributed by atoms with van der Waals surface area (Å²) in [5.41, 5.74) is 1.70. The Bertz CT molecular complexity index is 1130. The van der Waals surface area contributed by atoms with Crippen LogP contribution in [0.15, 0.2) is 60.0 Å². The number of carbonyl (C=O) groups is 1. The third-order valence-corrected chi connectivity index (χ3v) is 7.38. The van der Waals surface area contributed by atoms with E-state index < -0.39 is 0 Å². The first kappa shape index (κ1) is 22.6. The minimum atomic E-state index is -0.111. The molecular weight excluding hydrogens is 450 g/mol. The Balaban J connectivity index is 1.29. The second kappa shape index (κ2) is 9.95. The lowest BCUT2D eigenvalue weighted by molar-refractivity contribution is 0.0890. The van der Waals surface area contributed by atoms with E-state index in [-0.39, 0.29) is 24.8 Å². The average molecular weight is 480 g/mol. The number of carbonyl (C=O) groups excluding carboxylic acids is 1. The molecule has 2 aromatic carbocycles. The second-order valence-corrected chi connectivity index (χ2v) is 9.46. The maximum Gasteiger partial charge on any atom is 0.251 e. The number of anilines is 1. The maximum atomic E-state index is 13.1. The van der Waals surface area contributed by atoms with Crippen LogP contribution in [-0.4, -0.2) is 56.9 Å². The normalized spacial score (nSPS) is 17.3. The standard InChI is InChI=1S/C26H29N3O4S/c1-18(27-26(30)19-9-10-22-23(16-19)33-17-32-22)25(24-8-5-15-34-24)29-13-11-28(12-14-29)20-6-3-4-7-21(20)31-2/h3-10,15-16,18,25H,11-14,17H2,1-2H3,(H,27,30)/t18-,25+/m1/s1. The molecule has 0 saturated carbocycles. The summed E-state index contributed by atoms with van der Waals surface area (Å²) in [6.07, 6.45) is 0. The van der Waals surface area contributed by atoms with E-state index in [1.54, 1.807) is 36.6 Å². The number of hydrogen-bond acceptors (Lipinski definition) is 7. The lowest BCUT2D eigenvalue weighted by Crippen LogP contribution is -2.52. The van der Waals surface area contributed by atoms with Gasteiger partial charge in [-0.1, -0.05) is 18.2 Å². The minimum absolute atomic E-state index is 0.0746. The monoisotopic (exact) mass is 479 g/mol. The zero-order valence-electron chi connectivity index (χ0n) is 19.4. The number of piperazine rings is 1. The molecule has 7 nitrogen and oxygen atoms in total. The van der Waals surface area contributed by atoms with Crippen LogP contribution in [0.25, 0.3) is 0 Å². The van der Waals surface area contributed by atoms with E-state index in [4.69, 9.17) is 14.2 Å². The molecule has 1 N–H and O–H groups in total. The van der Waals surface area contributed by atoms with E-state index >= 15 is 0 Å². The molecule has 0 unspecified atom stereocenters. The number of thiophene rings is 1. The summed E-state index contributed by atoms with van der Waals surface area (Å²) in [7, 11) is 1.71. The highest BCUT2D eigenvalue weighted by Crippen LogP contribution is 2.34. The highest BCUT2D eigenvalue weighted by atomic mass is 32.1. The van der Waals surface area contributed by atoms with Crippen LogP contribution in [0.3, 0.4) is 0 Å². The number of nitrogens with zero attached hydrogens (tertiary/aromatic N) is 2. The lowest BCUT2D eigenvalue weighted by atomic mass is 10.0. The number of fused-ring (bicyclic) bond motifs is 1. The zero-order valence-corrected chi connectivity index (χ0v) is 20.2. The molecule has 2 aliphatic heterocycles. The van der Waals surface area contributed by atoms with Crippen molar-refractivity contribution < 1.29 is 19.0 Å². The van der Waals surface area contributed by atoms with E-state index in [2.05, 4.69) is 45.6 Å². The minimum Gasteiger partial charge on any atom is -0.495 e. The van der Waals surface area contributed by atoms with Gasteiger partial charge in [0.2, 0.25) is 6.79 Å². The number of ether oxygens (including phenoxy) is 3. The van der Waals surface area contributed by atoms with Crippen molar-refractivity contribution in [1.82, 2.24) is 10.2 Å². The first-order valence-electron chi connectivity index (χ1n) is 11.5. The van der Waals surface area contributed by atoms with E-state index in [1.807, 2.05) is 18.2 Å². The van der Waals surface area contributed by atoms with Crippen LogP contribution >= 0.6 is 11.3 Å². The molecular formula is C26H29N3O4S. The van der Waals surface area contributed by atoms with Gasteiger partial charge >= 0.3 is 0 Å². The van der Waals surface area contributed by atoms with Crippen molar-refractivity contribution in [2.24, 2.45) is 0 Å². The van der Waals surface area contributed by atoms with Gasteiger partial charge in [-0.2, -0.15) is 0 Å². The predicted molar refractivity (Wildman–Crippen MR) is 133 cm³/mol. The van der Waals surface area contributed by atoms with Gasteiger partial charge in [-0.25, -0.2) is 0 Å². The highest BCUT2D eigenvalue weighted by molar-refractivity contribution is 7.10. The third-order valence-electron chi connectivity index (χ3n) is 6.44. The molecule has 0 bridgehead atoms. The van der Waals surface area contributed by atoms with E-state index in [0.717, 1.165) is 37.6 Å². The summed E-state index contributed by atoms with van der Waals surface area (Å²) in [5, 5.41) is 5.33. The van der Waals surface area contributed by atoms with Crippen molar-refractivity contribution in [3.8, 4) is 17.2 Å². The molecule has 34 heavy (non-hydrogen) atoms. The molecule has 5 rings (SSSR count). The van der Waals surface area contributed by atoms with Gasteiger partial charge in [0.25, 0.3) is 5.91 Å². The number of para-hydroxylation sites is 2. The van der Waals surface area contributed by atoms with E-state index in [1.165, 1.54) is 4.88 Å². The summed E-state index contributed by atoms with van der Waals surface area (Å²) < 4.78 is 16.4. The van der Waals surface area contributed by atoms with Crippen molar-refractivity contribution >= 4 is 22.9 Å². The van der Waals surface area contributed by atoms with Crippen molar-refractivity contribution in [2.75, 3.05) is 45.0 Å². The van der Waals surface area contributed by atoms with Gasteiger partial charge in [0.15, 0.2) is 11.5 Å². The Morgan fingerprint density at radius 2 is 1.82 bits per heavy atom. The van der Waals surface area contributed by atoms with Gasteiger partial charge < -0.3 is 24.4 Å². The molecule has 1 amide bonds. The molecule has 1 fully saturated rings. The summed E-state index contributed by atoms with van der Waals surface area (Å²) >= 11 is 1.73. The second-order valence-electron chi connectivity index (χ2n) is 8.49. The van der Waals surface area contributed by atoms with E-state index in [0.29, 0.717) is 17.1 Å². The van der Waals surface area contributed by atoms with Crippen LogP contribution in [0.4, 0.5) is 5.69 Å². The van der Waals surface area contributed by atoms with Crippen LogP contribution in [-0.2, 0) is 0 Å². The first-order valence-corrected chi connectivity index (χ1v) is 12.4. The fourth-order valence-electron chi connectivity index (χ4n) is 4.74. The number of rotatable bonds is 7. The topological polar surface area (TPSA) is 63.3 Å². The average Bonchev–Trinajstić information content (AvgIpc) is 3.56. The summed E-state index contributed by atoms with van der Waals surface area (Å²) in [4.78, 5) is 19.2. The molecule has 3 aromatic rings. The SMILES string of the molecule is COc1ccccc1N1CCN([C@H](c2cccs2)[C@@H](C)NC(=O)c2ccc3c(c2)OCO3)CC1. The molecule has 2 atom stereocenters. The zero-order chi connectivity index (χ0) is 23.5. The van der Waals surface area contributed by atoms with Gasteiger partial charge in [0.05, 0.1) is 18.8 Å². The van der Waals surface area contributed by atoms with Crippen LogP contribution in [0, 0.1) is 0 Å². The van der Waals surface area contributed by atoms with Gasteiger partial charge in [-0.05, 0) is 48.7 Å². The lowest BCUT2D eigenvalue weighted by Gasteiger charge is -2.42. The fraction of sp³-hybridized carbons (Fsp3) is 0.346. The molecule has 0 aliphatic carbocycles. The highest BCUT2D eigenvalue weighted by Gasteiger charge is 2.31. The molecule has 178 valence electrons. The van der Waals surface area contributed by atoms with Crippen LogP contribution in [0.1, 0.15) is 28.2 Å². The molecule has 0 radical (unpaired) electrons. The Morgan fingerprint density at radius 3 is 2.59 bits per heavy atom. The number of methoxy groups -OCH3 is 1. The Morgan fingerprint density at radius 1 is 1.03 bits per heavy atom. The van der Waals surface area contributed by atoms with Crippen molar-refractivity contribution in [1.29, 1.82) is 0 Å². The maximum absolute atomic E-state index is 13.1. The van der Waals surface area contributed by atoms with Gasteiger partial charge in [0, 0.05) is 42.7 Å². The predicted octanol–water partition coefficient (Wildman–Crippen LogP) is 4.17. The van der Waals surface area contributed by atoms with E-state index in [9.17, 15) is 4.79 Å². The molecule has 1 aromatic heterocycles. The van der Waals surface area contributed by atoms with Crippen molar-refractivity contribution in [3.63, 3.8) is 0 Å². The Hall–Kier alpha value is -3.23. The quantitative estimate of drug-likeness (QED) is 0.549. The largest absolute Gasteiger partial charge is 0.495 e. The van der Waals surface area contributed by atoms with Crippen LogP contribution in [0.2, 0.25) is 0 Å². The first-order chi connectivity index (χ1) is 16.6. The Labute approximate surface area is 203 Å². The molecule has 0 spiro atoms. The third kappa shape index (κ3) is 4.56. The summed E-state index contributed by atoms with van der Waals surface area (Å²) in [5.74, 6) is 2.08. The van der Waals surface area contributed by atoms with Crippen LogP contribution in [0.5, 0.6) is 17.2 Å². The molecule has 3 heterocycles. The number of hydrogen-bond donors (Lipinski definition) is 1. The fourth-order valence-corrected chi connectivity index (χ4v) is 5.71. The van der Waals surface area contributed by atoms with Crippen molar-refractivity contribution in [2.45, 2.75) is 19.0 Å². The van der Waals surface area contributed by atoms with Gasteiger partial charge in [0.1, 0.15) is 5.75 Å². The summed E-state index contributed by atoms with van der Waals surface area (Å²) in [6, 6.07) is 17.7. The van der Waals surface area contributed by atoms with Gasteiger partial charge in [-0.15, -0.1) is 11.3 Å². The molecule has 8 heteroatoms. The summed E-state index contributed by atoms with van der Waals surface area (Å²) in [6.45, 7) is 5.85. The Kier molecular flexibility index (Phi) is 6.60.